The van der Waals surface area contributed by atoms with Gasteiger partial charge in [0.1, 0.15) is 0 Å². The molecule has 29 heavy (non-hydrogen) atoms. The summed E-state index contributed by atoms with van der Waals surface area (Å²) in [7, 11) is 0. The summed E-state index contributed by atoms with van der Waals surface area (Å²) in [5.74, 6) is 1.31. The highest BCUT2D eigenvalue weighted by molar-refractivity contribution is 7.08. The van der Waals surface area contributed by atoms with E-state index in [2.05, 4.69) is 15.5 Å². The largest absolute Gasteiger partial charge is 0.490 e. The lowest BCUT2D eigenvalue weighted by molar-refractivity contribution is -0.117. The van der Waals surface area contributed by atoms with Crippen molar-refractivity contribution < 1.29 is 19.1 Å². The van der Waals surface area contributed by atoms with Crippen LogP contribution in [0.2, 0.25) is 0 Å². The van der Waals surface area contributed by atoms with Crippen LogP contribution in [0.5, 0.6) is 11.5 Å². The Kier molecular flexibility index (Phi) is 6.31. The summed E-state index contributed by atoms with van der Waals surface area (Å²) in [6, 6.07) is 7.46. The Hall–Kier alpha value is -2.58. The quantitative estimate of drug-likeness (QED) is 0.785. The number of likely N-dealkylation sites (tertiary alicyclic amines) is 1. The third-order valence-electron chi connectivity index (χ3n) is 5.10. The van der Waals surface area contributed by atoms with Gasteiger partial charge in [-0.15, -0.1) is 0 Å². The Balaban J connectivity index is 1.23. The summed E-state index contributed by atoms with van der Waals surface area (Å²) in [4.78, 5) is 26.7. The number of amides is 2. The second-order valence-electron chi connectivity index (χ2n) is 7.30. The molecule has 0 atom stereocenters. The number of ether oxygens (including phenoxy) is 2. The zero-order chi connectivity index (χ0) is 20.1. The molecule has 0 spiro atoms. The number of carbonyl (C=O) groups is 2. The van der Waals surface area contributed by atoms with Gasteiger partial charge in [0.05, 0.1) is 19.8 Å². The van der Waals surface area contributed by atoms with Crippen LogP contribution < -0.4 is 20.1 Å². The maximum absolute atomic E-state index is 12.4. The Labute approximate surface area is 174 Å². The average molecular weight is 416 g/mol. The first-order chi connectivity index (χ1) is 14.2. The van der Waals surface area contributed by atoms with Gasteiger partial charge in [0.25, 0.3) is 5.91 Å². The van der Waals surface area contributed by atoms with Crippen LogP contribution in [0.15, 0.2) is 35.0 Å². The van der Waals surface area contributed by atoms with Crippen molar-refractivity contribution in [1.82, 2.24) is 10.2 Å². The molecule has 2 N–H and O–H groups in total. The first-order valence-corrected chi connectivity index (χ1v) is 10.9. The molecule has 0 saturated carbocycles. The van der Waals surface area contributed by atoms with Crippen LogP contribution in [-0.2, 0) is 4.79 Å². The second kappa shape index (κ2) is 9.28. The zero-order valence-electron chi connectivity index (χ0n) is 16.2. The SMILES string of the molecule is O=C(CN1CCC(NC(=O)c2ccsc2)CC1)Nc1ccc2c(c1)OCCCO2. The Bertz CT molecular complexity index is 848. The van der Waals surface area contributed by atoms with Crippen molar-refractivity contribution in [1.29, 1.82) is 0 Å². The van der Waals surface area contributed by atoms with Gasteiger partial charge in [0, 0.05) is 48.2 Å². The molecule has 0 aliphatic carbocycles. The number of thiophene rings is 1. The van der Waals surface area contributed by atoms with Crippen molar-refractivity contribution in [2.24, 2.45) is 0 Å². The molecule has 2 aliphatic heterocycles. The summed E-state index contributed by atoms with van der Waals surface area (Å²) >= 11 is 1.52. The summed E-state index contributed by atoms with van der Waals surface area (Å²) in [6.07, 6.45) is 2.53. The van der Waals surface area contributed by atoms with E-state index in [9.17, 15) is 9.59 Å². The number of nitrogens with one attached hydrogen (secondary N) is 2. The van der Waals surface area contributed by atoms with Crippen LogP contribution in [0.3, 0.4) is 0 Å². The number of benzene rings is 1. The summed E-state index contributed by atoms with van der Waals surface area (Å²) < 4.78 is 11.3. The van der Waals surface area contributed by atoms with Crippen LogP contribution in [0.4, 0.5) is 5.69 Å². The molecule has 1 aromatic carbocycles. The Morgan fingerprint density at radius 2 is 1.90 bits per heavy atom. The van der Waals surface area contributed by atoms with E-state index >= 15 is 0 Å². The van der Waals surface area contributed by atoms with E-state index in [1.807, 2.05) is 35.0 Å². The molecule has 1 fully saturated rings. The van der Waals surface area contributed by atoms with Crippen molar-refractivity contribution in [3.05, 3.63) is 40.6 Å². The minimum Gasteiger partial charge on any atom is -0.490 e. The van der Waals surface area contributed by atoms with E-state index in [0.717, 1.165) is 32.4 Å². The fourth-order valence-corrected chi connectivity index (χ4v) is 4.18. The van der Waals surface area contributed by atoms with Gasteiger partial charge >= 0.3 is 0 Å². The van der Waals surface area contributed by atoms with Gasteiger partial charge in [-0.2, -0.15) is 11.3 Å². The summed E-state index contributed by atoms with van der Waals surface area (Å²) in [6.45, 7) is 3.15. The van der Waals surface area contributed by atoms with Gasteiger partial charge in [-0.3, -0.25) is 14.5 Å². The summed E-state index contributed by atoms with van der Waals surface area (Å²) in [5.41, 5.74) is 1.42. The number of fused-ring (bicyclic) bond motifs is 1. The lowest BCUT2D eigenvalue weighted by Gasteiger charge is -2.31. The van der Waals surface area contributed by atoms with Gasteiger partial charge in [-0.25, -0.2) is 0 Å². The van der Waals surface area contributed by atoms with Crippen molar-refractivity contribution in [2.45, 2.75) is 25.3 Å². The minimum absolute atomic E-state index is 0.0168. The number of rotatable bonds is 5. The average Bonchev–Trinajstić information content (AvgIpc) is 3.16. The molecule has 2 aliphatic rings. The Morgan fingerprint density at radius 3 is 2.66 bits per heavy atom. The number of hydrogen-bond donors (Lipinski definition) is 2. The van der Waals surface area contributed by atoms with Gasteiger partial charge < -0.3 is 20.1 Å². The van der Waals surface area contributed by atoms with Gasteiger partial charge in [-0.05, 0) is 36.4 Å². The second-order valence-corrected chi connectivity index (χ2v) is 8.08. The molecule has 0 bridgehead atoms. The van der Waals surface area contributed by atoms with Crippen LogP contribution in [-0.4, -0.2) is 55.6 Å². The number of anilines is 1. The molecular weight excluding hydrogens is 390 g/mol. The molecule has 154 valence electrons. The van der Waals surface area contributed by atoms with E-state index in [1.54, 1.807) is 0 Å². The summed E-state index contributed by atoms with van der Waals surface area (Å²) in [5, 5.41) is 9.78. The van der Waals surface area contributed by atoms with Crippen molar-refractivity contribution in [3.8, 4) is 11.5 Å². The number of nitrogens with zero attached hydrogens (tertiary/aromatic N) is 1. The predicted molar refractivity (Wildman–Crippen MR) is 112 cm³/mol. The number of hydrogen-bond acceptors (Lipinski definition) is 6. The van der Waals surface area contributed by atoms with E-state index in [-0.39, 0.29) is 17.9 Å². The zero-order valence-corrected chi connectivity index (χ0v) is 17.0. The van der Waals surface area contributed by atoms with Gasteiger partial charge in [0.15, 0.2) is 11.5 Å². The van der Waals surface area contributed by atoms with E-state index < -0.39 is 0 Å². The number of carbonyl (C=O) groups excluding carboxylic acids is 2. The third-order valence-corrected chi connectivity index (χ3v) is 5.79. The molecule has 2 amide bonds. The fraction of sp³-hybridized carbons (Fsp3) is 0.429. The van der Waals surface area contributed by atoms with Crippen LogP contribution >= 0.6 is 11.3 Å². The minimum atomic E-state index is -0.0553. The lowest BCUT2D eigenvalue weighted by atomic mass is 10.0. The Morgan fingerprint density at radius 1 is 1.10 bits per heavy atom. The number of piperidine rings is 1. The normalized spacial score (nSPS) is 17.4. The van der Waals surface area contributed by atoms with Crippen molar-refractivity contribution in [2.75, 3.05) is 38.2 Å². The van der Waals surface area contributed by atoms with Crippen molar-refractivity contribution >= 4 is 28.8 Å². The van der Waals surface area contributed by atoms with Gasteiger partial charge in [-0.1, -0.05) is 0 Å². The molecule has 4 rings (SSSR count). The molecule has 1 saturated heterocycles. The molecule has 0 radical (unpaired) electrons. The first-order valence-electron chi connectivity index (χ1n) is 9.92. The lowest BCUT2D eigenvalue weighted by Crippen LogP contribution is -2.46. The van der Waals surface area contributed by atoms with E-state index in [1.165, 1.54) is 11.3 Å². The highest BCUT2D eigenvalue weighted by Gasteiger charge is 2.23. The van der Waals surface area contributed by atoms with Crippen LogP contribution in [0.25, 0.3) is 0 Å². The van der Waals surface area contributed by atoms with Crippen LogP contribution in [0, 0.1) is 0 Å². The maximum atomic E-state index is 12.4. The van der Waals surface area contributed by atoms with Crippen molar-refractivity contribution in [3.63, 3.8) is 0 Å². The smallest absolute Gasteiger partial charge is 0.252 e. The molecule has 7 nitrogen and oxygen atoms in total. The van der Waals surface area contributed by atoms with Crippen LogP contribution in [0.1, 0.15) is 29.6 Å². The molecule has 8 heteroatoms. The molecule has 3 heterocycles. The van der Waals surface area contributed by atoms with E-state index in [4.69, 9.17) is 9.47 Å². The third kappa shape index (κ3) is 5.27. The molecule has 0 unspecified atom stereocenters. The predicted octanol–water partition coefficient (Wildman–Crippen LogP) is 2.74. The van der Waals surface area contributed by atoms with Gasteiger partial charge in [0.2, 0.25) is 5.91 Å². The van der Waals surface area contributed by atoms with E-state index in [0.29, 0.717) is 42.5 Å². The highest BCUT2D eigenvalue weighted by Crippen LogP contribution is 2.32. The standard InChI is InChI=1S/C21H25N3O4S/c25-20(22-17-2-3-18-19(12-17)28-10-1-9-27-18)13-24-7-4-16(5-8-24)23-21(26)15-6-11-29-14-15/h2-3,6,11-12,14,16H,1,4-5,7-10,13H2,(H,22,25)(H,23,26). The first kappa shape index (κ1) is 19.7. The fourth-order valence-electron chi connectivity index (χ4n) is 3.54. The molecular formula is C21H25N3O4S. The maximum Gasteiger partial charge on any atom is 0.252 e. The topological polar surface area (TPSA) is 79.9 Å². The highest BCUT2D eigenvalue weighted by atomic mass is 32.1. The molecule has 2 aromatic rings. The monoisotopic (exact) mass is 415 g/mol. The molecule has 1 aromatic heterocycles.